The summed E-state index contributed by atoms with van der Waals surface area (Å²) in [6, 6.07) is 17.6. The predicted octanol–water partition coefficient (Wildman–Crippen LogP) is 5.05. The highest BCUT2D eigenvalue weighted by atomic mass is 19.4. The molecule has 0 spiro atoms. The Bertz CT molecular complexity index is 1570. The zero-order chi connectivity index (χ0) is 29.3. The maximum Gasteiger partial charge on any atom is 0.416 e. The van der Waals surface area contributed by atoms with Crippen LogP contribution in [0.1, 0.15) is 45.6 Å². The molecule has 0 bridgehead atoms. The Kier molecular flexibility index (Phi) is 7.63. The Hall–Kier alpha value is -4.51. The molecule has 1 aliphatic heterocycles. The van der Waals surface area contributed by atoms with Crippen molar-refractivity contribution in [1.82, 2.24) is 20.4 Å². The molecule has 2 amide bonds. The fraction of sp³-hybridized carbons (Fsp3) is 0.233. The summed E-state index contributed by atoms with van der Waals surface area (Å²) in [7, 11) is 1.75. The second kappa shape index (κ2) is 11.2. The third-order valence-electron chi connectivity index (χ3n) is 7.03. The number of alkyl halides is 3. The van der Waals surface area contributed by atoms with E-state index in [9.17, 15) is 27.2 Å². The van der Waals surface area contributed by atoms with Gasteiger partial charge in [0.1, 0.15) is 17.7 Å². The van der Waals surface area contributed by atoms with Gasteiger partial charge in [0.2, 0.25) is 0 Å². The van der Waals surface area contributed by atoms with Gasteiger partial charge < -0.3 is 10.6 Å². The van der Waals surface area contributed by atoms with Gasteiger partial charge in [0.25, 0.3) is 11.8 Å². The largest absolute Gasteiger partial charge is 0.416 e. The van der Waals surface area contributed by atoms with E-state index in [1.807, 2.05) is 30.3 Å². The molecule has 5 rings (SSSR count). The van der Waals surface area contributed by atoms with Gasteiger partial charge in [-0.1, -0.05) is 36.4 Å². The van der Waals surface area contributed by atoms with Crippen molar-refractivity contribution in [3.8, 4) is 5.69 Å². The zero-order valence-corrected chi connectivity index (χ0v) is 22.2. The van der Waals surface area contributed by atoms with Crippen molar-refractivity contribution in [1.29, 1.82) is 0 Å². The number of para-hydroxylation sites is 1. The van der Waals surface area contributed by atoms with E-state index >= 15 is 0 Å². The molecule has 1 aromatic heterocycles. The monoisotopic (exact) mass is 565 g/mol. The number of likely N-dealkylation sites (N-methyl/N-ethyl adjacent to an activating group) is 1. The summed E-state index contributed by atoms with van der Waals surface area (Å²) < 4.78 is 55.7. The van der Waals surface area contributed by atoms with Gasteiger partial charge in [-0.3, -0.25) is 14.5 Å². The molecule has 0 fully saturated rings. The number of benzene rings is 3. The highest BCUT2D eigenvalue weighted by molar-refractivity contribution is 6.05. The number of carbonyl (C=O) groups excluding carboxylic acids is 2. The molecule has 2 unspecified atom stereocenters. The summed E-state index contributed by atoms with van der Waals surface area (Å²) in [5, 5.41) is 10.6. The molecule has 2 N–H and O–H groups in total. The third-order valence-corrected chi connectivity index (χ3v) is 7.03. The summed E-state index contributed by atoms with van der Waals surface area (Å²) >= 11 is 0. The Morgan fingerprint density at radius 1 is 1.00 bits per heavy atom. The summed E-state index contributed by atoms with van der Waals surface area (Å²) in [4.78, 5) is 29.0. The number of fused-ring (bicyclic) bond motifs is 1. The molecule has 41 heavy (non-hydrogen) atoms. The fourth-order valence-corrected chi connectivity index (χ4v) is 5.21. The number of nitrogens with one attached hydrogen (secondary N) is 2. The SMILES string of the molecule is CCN1C(=O)C(NC(=O)c2cccc(C(F)(F)F)c2)C(c2ccc(F)cc2)c2c(CNC)nn(-c3ccccc3)c21. The number of rotatable bonds is 7. The average molecular weight is 566 g/mol. The van der Waals surface area contributed by atoms with Gasteiger partial charge in [-0.25, -0.2) is 9.07 Å². The minimum atomic E-state index is -4.64. The number of hydrogen-bond donors (Lipinski definition) is 2. The van der Waals surface area contributed by atoms with E-state index in [2.05, 4.69) is 10.6 Å². The lowest BCUT2D eigenvalue weighted by molar-refractivity contribution is -0.137. The zero-order valence-electron chi connectivity index (χ0n) is 22.2. The van der Waals surface area contributed by atoms with E-state index in [-0.39, 0.29) is 12.1 Å². The van der Waals surface area contributed by atoms with Gasteiger partial charge >= 0.3 is 6.18 Å². The maximum absolute atomic E-state index is 14.1. The normalized spacial score (nSPS) is 16.9. The highest BCUT2D eigenvalue weighted by Crippen LogP contribution is 2.43. The quantitative estimate of drug-likeness (QED) is 0.308. The summed E-state index contributed by atoms with van der Waals surface area (Å²) in [5.74, 6) is -2.09. The molecule has 0 saturated heterocycles. The van der Waals surface area contributed by atoms with Crippen LogP contribution in [-0.2, 0) is 17.5 Å². The molecular formula is C30H27F4N5O2. The number of aromatic nitrogens is 2. The lowest BCUT2D eigenvalue weighted by Crippen LogP contribution is -2.55. The Balaban J connectivity index is 1.68. The Morgan fingerprint density at radius 2 is 1.71 bits per heavy atom. The second-order valence-corrected chi connectivity index (χ2v) is 9.60. The van der Waals surface area contributed by atoms with E-state index in [0.29, 0.717) is 34.9 Å². The van der Waals surface area contributed by atoms with Crippen molar-refractivity contribution in [3.63, 3.8) is 0 Å². The number of halogens is 4. The van der Waals surface area contributed by atoms with Gasteiger partial charge in [0, 0.05) is 30.1 Å². The van der Waals surface area contributed by atoms with Crippen molar-refractivity contribution < 1.29 is 27.2 Å². The van der Waals surface area contributed by atoms with Crippen molar-refractivity contribution in [3.05, 3.63) is 113 Å². The fourth-order valence-electron chi connectivity index (χ4n) is 5.21. The van der Waals surface area contributed by atoms with Crippen LogP contribution in [0, 0.1) is 5.82 Å². The van der Waals surface area contributed by atoms with E-state index in [1.54, 1.807) is 18.7 Å². The van der Waals surface area contributed by atoms with Crippen LogP contribution >= 0.6 is 0 Å². The first kappa shape index (κ1) is 28.0. The molecular weight excluding hydrogens is 538 g/mol. The molecule has 0 saturated carbocycles. The van der Waals surface area contributed by atoms with Gasteiger partial charge in [-0.2, -0.15) is 18.3 Å². The van der Waals surface area contributed by atoms with E-state index < -0.39 is 41.3 Å². The molecule has 2 heterocycles. The Morgan fingerprint density at radius 3 is 2.34 bits per heavy atom. The molecule has 0 radical (unpaired) electrons. The standard InChI is InChI=1S/C30H27F4N5O2/c1-3-38-28-25(23(17-35-2)37-39(28)22-10-5-4-6-11-22)24(18-12-14-21(31)15-13-18)26(29(38)41)36-27(40)19-8-7-9-20(16-19)30(32,33)34/h4-16,24,26,35H,3,17H2,1-2H3,(H,36,40). The van der Waals surface area contributed by atoms with Crippen molar-refractivity contribution in [2.75, 3.05) is 18.5 Å². The smallest absolute Gasteiger partial charge is 0.339 e. The molecule has 3 aromatic carbocycles. The minimum absolute atomic E-state index is 0.232. The van der Waals surface area contributed by atoms with Crippen LogP contribution in [0.2, 0.25) is 0 Å². The number of amides is 2. The van der Waals surface area contributed by atoms with Crippen molar-refractivity contribution in [2.45, 2.75) is 31.6 Å². The number of hydrogen-bond acceptors (Lipinski definition) is 4. The average Bonchev–Trinajstić information content (AvgIpc) is 3.33. The number of nitrogens with zero attached hydrogens (tertiary/aromatic N) is 3. The Labute approximate surface area is 233 Å². The van der Waals surface area contributed by atoms with Crippen LogP contribution in [0.3, 0.4) is 0 Å². The number of anilines is 1. The lowest BCUT2D eigenvalue weighted by Gasteiger charge is -2.38. The predicted molar refractivity (Wildman–Crippen MR) is 145 cm³/mol. The first-order valence-corrected chi connectivity index (χ1v) is 13.0. The van der Waals surface area contributed by atoms with Crippen LogP contribution in [0.5, 0.6) is 0 Å². The topological polar surface area (TPSA) is 79.3 Å². The van der Waals surface area contributed by atoms with Crippen LogP contribution in [0.15, 0.2) is 78.9 Å². The van der Waals surface area contributed by atoms with E-state index in [0.717, 1.165) is 18.2 Å². The molecule has 7 nitrogen and oxygen atoms in total. The van der Waals surface area contributed by atoms with Crippen LogP contribution in [0.4, 0.5) is 23.4 Å². The minimum Gasteiger partial charge on any atom is -0.339 e. The van der Waals surface area contributed by atoms with Gasteiger partial charge in [0.05, 0.1) is 16.9 Å². The van der Waals surface area contributed by atoms with Crippen molar-refractivity contribution in [2.24, 2.45) is 0 Å². The molecule has 212 valence electrons. The summed E-state index contributed by atoms with van der Waals surface area (Å²) in [5.41, 5.74) is 1.27. The molecule has 1 aliphatic rings. The summed E-state index contributed by atoms with van der Waals surface area (Å²) in [6.07, 6.45) is -4.64. The molecule has 11 heteroatoms. The van der Waals surface area contributed by atoms with Gasteiger partial charge in [-0.15, -0.1) is 0 Å². The highest BCUT2D eigenvalue weighted by Gasteiger charge is 2.46. The molecule has 2 atom stereocenters. The van der Waals surface area contributed by atoms with Crippen LogP contribution in [0.25, 0.3) is 5.69 Å². The van der Waals surface area contributed by atoms with E-state index in [1.165, 1.54) is 35.2 Å². The van der Waals surface area contributed by atoms with Gasteiger partial charge in [-0.05, 0) is 62.0 Å². The van der Waals surface area contributed by atoms with E-state index in [4.69, 9.17) is 5.10 Å². The van der Waals surface area contributed by atoms with Crippen LogP contribution in [-0.4, -0.2) is 41.2 Å². The maximum atomic E-state index is 14.1. The van der Waals surface area contributed by atoms with Gasteiger partial charge in [0.15, 0.2) is 0 Å². The van der Waals surface area contributed by atoms with Crippen molar-refractivity contribution >= 4 is 17.6 Å². The van der Waals surface area contributed by atoms with Crippen LogP contribution < -0.4 is 15.5 Å². The first-order valence-electron chi connectivity index (χ1n) is 13.0. The second-order valence-electron chi connectivity index (χ2n) is 9.60. The third kappa shape index (κ3) is 5.32. The molecule has 4 aromatic rings. The lowest BCUT2D eigenvalue weighted by atomic mass is 9.80. The molecule has 0 aliphatic carbocycles. The first-order chi connectivity index (χ1) is 19.6. The number of carbonyl (C=O) groups is 2. The summed E-state index contributed by atoms with van der Waals surface area (Å²) in [6.45, 7) is 2.33.